The SMILES string of the molecule is CC(C)[C@@H](NC(=O)C1CCC2CCCCC2C1)C(=O)O. The zero-order valence-corrected chi connectivity index (χ0v) is 12.6. The molecule has 0 radical (unpaired) electrons. The highest BCUT2D eigenvalue weighted by Crippen LogP contribution is 2.42. The minimum atomic E-state index is -0.931. The summed E-state index contributed by atoms with van der Waals surface area (Å²) in [5.41, 5.74) is 0. The first kappa shape index (κ1) is 15.3. The summed E-state index contributed by atoms with van der Waals surface area (Å²) in [5, 5.41) is 11.9. The predicted octanol–water partition coefficient (Wildman–Crippen LogP) is 2.82. The zero-order chi connectivity index (χ0) is 14.7. The van der Waals surface area contributed by atoms with Crippen LogP contribution in [0, 0.1) is 23.7 Å². The highest BCUT2D eigenvalue weighted by Gasteiger charge is 2.36. The number of carboxylic acids is 1. The fraction of sp³-hybridized carbons (Fsp3) is 0.875. The van der Waals surface area contributed by atoms with E-state index < -0.39 is 12.0 Å². The Bertz CT molecular complexity index is 367. The minimum absolute atomic E-state index is 0.0231. The predicted molar refractivity (Wildman–Crippen MR) is 77.2 cm³/mol. The van der Waals surface area contributed by atoms with Gasteiger partial charge in [-0.1, -0.05) is 39.5 Å². The van der Waals surface area contributed by atoms with E-state index in [0.717, 1.165) is 25.2 Å². The van der Waals surface area contributed by atoms with Gasteiger partial charge in [-0.25, -0.2) is 4.79 Å². The molecule has 3 unspecified atom stereocenters. The third kappa shape index (κ3) is 3.53. The van der Waals surface area contributed by atoms with E-state index in [4.69, 9.17) is 5.11 Å². The van der Waals surface area contributed by atoms with Crippen LogP contribution in [0.15, 0.2) is 0 Å². The first-order valence-electron chi connectivity index (χ1n) is 8.02. The second-order valence-electron chi connectivity index (χ2n) is 6.88. The van der Waals surface area contributed by atoms with Crippen molar-refractivity contribution in [2.45, 2.75) is 64.8 Å². The maximum absolute atomic E-state index is 12.3. The lowest BCUT2D eigenvalue weighted by atomic mass is 9.67. The number of carboxylic acid groups (broad SMARTS) is 1. The first-order valence-corrected chi connectivity index (χ1v) is 8.02. The lowest BCUT2D eigenvalue weighted by molar-refractivity contribution is -0.144. The molecule has 2 saturated carbocycles. The second-order valence-corrected chi connectivity index (χ2v) is 6.88. The van der Waals surface area contributed by atoms with E-state index in [1.807, 2.05) is 13.8 Å². The fourth-order valence-electron chi connectivity index (χ4n) is 3.90. The molecule has 0 heterocycles. The molecule has 0 aromatic rings. The van der Waals surface area contributed by atoms with Crippen LogP contribution in [-0.4, -0.2) is 23.0 Å². The van der Waals surface area contributed by atoms with Crippen LogP contribution in [-0.2, 0) is 9.59 Å². The van der Waals surface area contributed by atoms with Crippen LogP contribution in [0.2, 0.25) is 0 Å². The average molecular weight is 281 g/mol. The number of rotatable bonds is 4. The van der Waals surface area contributed by atoms with E-state index in [2.05, 4.69) is 5.32 Å². The molecule has 0 bridgehead atoms. The molecule has 2 aliphatic carbocycles. The number of fused-ring (bicyclic) bond motifs is 1. The van der Waals surface area contributed by atoms with Crippen LogP contribution in [0.1, 0.15) is 58.8 Å². The van der Waals surface area contributed by atoms with Crippen molar-refractivity contribution >= 4 is 11.9 Å². The highest BCUT2D eigenvalue weighted by atomic mass is 16.4. The van der Waals surface area contributed by atoms with Gasteiger partial charge in [0.1, 0.15) is 6.04 Å². The molecule has 2 fully saturated rings. The molecule has 2 rings (SSSR count). The fourth-order valence-corrected chi connectivity index (χ4v) is 3.90. The summed E-state index contributed by atoms with van der Waals surface area (Å²) in [6.45, 7) is 3.66. The van der Waals surface area contributed by atoms with Gasteiger partial charge >= 0.3 is 5.97 Å². The number of nitrogens with one attached hydrogen (secondary N) is 1. The Morgan fingerprint density at radius 2 is 1.70 bits per heavy atom. The number of hydrogen-bond acceptors (Lipinski definition) is 2. The van der Waals surface area contributed by atoms with Crippen molar-refractivity contribution in [2.24, 2.45) is 23.7 Å². The summed E-state index contributed by atoms with van der Waals surface area (Å²) in [5.74, 6) is 0.469. The van der Waals surface area contributed by atoms with Crippen molar-refractivity contribution in [2.75, 3.05) is 0 Å². The molecule has 0 aliphatic heterocycles. The van der Waals surface area contributed by atoms with Gasteiger partial charge in [-0.3, -0.25) is 4.79 Å². The molecule has 4 heteroatoms. The van der Waals surface area contributed by atoms with Gasteiger partial charge in [-0.2, -0.15) is 0 Å². The van der Waals surface area contributed by atoms with E-state index >= 15 is 0 Å². The molecule has 20 heavy (non-hydrogen) atoms. The van der Waals surface area contributed by atoms with Gasteiger partial charge in [0, 0.05) is 5.92 Å². The number of carbonyl (C=O) groups is 2. The van der Waals surface area contributed by atoms with Crippen LogP contribution in [0.4, 0.5) is 0 Å². The number of carbonyl (C=O) groups excluding carboxylic acids is 1. The summed E-state index contributed by atoms with van der Waals surface area (Å²) < 4.78 is 0. The number of amides is 1. The molecule has 4 nitrogen and oxygen atoms in total. The number of hydrogen-bond donors (Lipinski definition) is 2. The molecule has 1 amide bonds. The van der Waals surface area contributed by atoms with Gasteiger partial charge in [0.15, 0.2) is 0 Å². The first-order chi connectivity index (χ1) is 9.49. The van der Waals surface area contributed by atoms with E-state index in [0.29, 0.717) is 5.92 Å². The van der Waals surface area contributed by atoms with Gasteiger partial charge in [0.25, 0.3) is 0 Å². The Labute approximate surface area is 121 Å². The summed E-state index contributed by atoms with van der Waals surface area (Å²) in [6.07, 6.45) is 8.23. The van der Waals surface area contributed by atoms with E-state index in [-0.39, 0.29) is 17.7 Å². The Kier molecular flexibility index (Phi) is 5.06. The summed E-state index contributed by atoms with van der Waals surface area (Å²) >= 11 is 0. The van der Waals surface area contributed by atoms with E-state index in [9.17, 15) is 9.59 Å². The van der Waals surface area contributed by atoms with Crippen molar-refractivity contribution < 1.29 is 14.7 Å². The normalized spacial score (nSPS) is 31.4. The van der Waals surface area contributed by atoms with Crippen molar-refractivity contribution in [1.29, 1.82) is 0 Å². The van der Waals surface area contributed by atoms with Gasteiger partial charge in [0.2, 0.25) is 5.91 Å². The van der Waals surface area contributed by atoms with Gasteiger partial charge in [-0.05, 0) is 37.0 Å². The summed E-state index contributed by atoms with van der Waals surface area (Å²) in [4.78, 5) is 23.5. The third-order valence-corrected chi connectivity index (χ3v) is 5.14. The van der Waals surface area contributed by atoms with Crippen molar-refractivity contribution in [3.63, 3.8) is 0 Å². The molecule has 0 spiro atoms. The molecule has 4 atom stereocenters. The van der Waals surface area contributed by atoms with Crippen LogP contribution in [0.25, 0.3) is 0 Å². The van der Waals surface area contributed by atoms with Gasteiger partial charge in [0.05, 0.1) is 0 Å². The van der Waals surface area contributed by atoms with Gasteiger partial charge in [-0.15, -0.1) is 0 Å². The summed E-state index contributed by atoms with van der Waals surface area (Å²) in [7, 11) is 0. The van der Waals surface area contributed by atoms with E-state index in [1.54, 1.807) is 0 Å². The molecule has 2 aliphatic rings. The Balaban J connectivity index is 1.91. The second kappa shape index (κ2) is 6.59. The molecule has 0 aromatic carbocycles. The Hall–Kier alpha value is -1.06. The standard InChI is InChI=1S/C16H27NO3/c1-10(2)14(16(19)20)17-15(18)13-8-7-11-5-3-4-6-12(11)9-13/h10-14H,3-9H2,1-2H3,(H,17,18)(H,19,20)/t11?,12?,13?,14-/m1/s1. The molecular formula is C16H27NO3. The largest absolute Gasteiger partial charge is 0.480 e. The zero-order valence-electron chi connectivity index (χ0n) is 12.6. The van der Waals surface area contributed by atoms with Gasteiger partial charge < -0.3 is 10.4 Å². The lowest BCUT2D eigenvalue weighted by Gasteiger charge is -2.39. The maximum Gasteiger partial charge on any atom is 0.326 e. The van der Waals surface area contributed by atoms with Crippen LogP contribution in [0.3, 0.4) is 0 Å². The van der Waals surface area contributed by atoms with Crippen LogP contribution in [0.5, 0.6) is 0 Å². The van der Waals surface area contributed by atoms with E-state index in [1.165, 1.54) is 25.7 Å². The topological polar surface area (TPSA) is 66.4 Å². The van der Waals surface area contributed by atoms with Crippen molar-refractivity contribution in [3.8, 4) is 0 Å². The van der Waals surface area contributed by atoms with Crippen molar-refractivity contribution in [1.82, 2.24) is 5.32 Å². The molecule has 2 N–H and O–H groups in total. The third-order valence-electron chi connectivity index (χ3n) is 5.14. The highest BCUT2D eigenvalue weighted by molar-refractivity contribution is 5.85. The molecule has 0 saturated heterocycles. The smallest absolute Gasteiger partial charge is 0.326 e. The molecule has 114 valence electrons. The minimum Gasteiger partial charge on any atom is -0.480 e. The number of aliphatic carboxylic acids is 1. The Morgan fingerprint density at radius 3 is 2.30 bits per heavy atom. The summed E-state index contributed by atoms with van der Waals surface area (Å²) in [6, 6.07) is -0.758. The van der Waals surface area contributed by atoms with Crippen molar-refractivity contribution in [3.05, 3.63) is 0 Å². The van der Waals surface area contributed by atoms with Crippen LogP contribution >= 0.6 is 0 Å². The lowest BCUT2D eigenvalue weighted by Crippen LogP contribution is -2.48. The van der Waals surface area contributed by atoms with Crippen LogP contribution < -0.4 is 5.32 Å². The quantitative estimate of drug-likeness (QED) is 0.832. The maximum atomic E-state index is 12.3. The molecular weight excluding hydrogens is 254 g/mol. The molecule has 0 aromatic heterocycles. The monoisotopic (exact) mass is 281 g/mol. The average Bonchev–Trinajstić information content (AvgIpc) is 2.43. The Morgan fingerprint density at radius 1 is 1.05 bits per heavy atom.